The van der Waals surface area contributed by atoms with Crippen molar-refractivity contribution in [3.8, 4) is 12.0 Å². The highest BCUT2D eigenvalue weighted by Gasteiger charge is 1.90. The van der Waals surface area contributed by atoms with E-state index >= 15 is 0 Å². The monoisotopic (exact) mass is 145 g/mol. The van der Waals surface area contributed by atoms with E-state index in [1.54, 1.807) is 0 Å². The third-order valence-corrected chi connectivity index (χ3v) is 0.831. The molecule has 1 N–H and O–H groups in total. The lowest BCUT2D eigenvalue weighted by Gasteiger charge is -1.86. The second kappa shape index (κ2) is 5.46. The van der Waals surface area contributed by atoms with Gasteiger partial charge in [0.25, 0.3) is 0 Å². The van der Waals surface area contributed by atoms with Gasteiger partial charge in [-0.2, -0.15) is 0 Å². The summed E-state index contributed by atoms with van der Waals surface area (Å²) in [6.07, 6.45) is 0.739. The summed E-state index contributed by atoms with van der Waals surface area (Å²) in [7, 11) is 0. The molecule has 0 heterocycles. The van der Waals surface area contributed by atoms with Crippen molar-refractivity contribution >= 4 is 17.5 Å². The quantitative estimate of drug-likeness (QED) is 0.329. The van der Waals surface area contributed by atoms with Gasteiger partial charge in [-0.05, 0) is 0 Å². The van der Waals surface area contributed by atoms with Gasteiger partial charge in [-0.1, -0.05) is 12.8 Å². The Labute approximate surface area is 59.6 Å². The molecule has 0 aromatic rings. The van der Waals surface area contributed by atoms with E-state index in [9.17, 15) is 4.79 Å². The fraction of sp³-hybridized carbons (Fsp3) is 0.500. The molecule has 0 saturated heterocycles. The van der Waals surface area contributed by atoms with Crippen molar-refractivity contribution in [1.82, 2.24) is 5.32 Å². The van der Waals surface area contributed by atoms with Gasteiger partial charge in [0, 0.05) is 12.5 Å². The van der Waals surface area contributed by atoms with Crippen LogP contribution in [0, 0.1) is 12.0 Å². The van der Waals surface area contributed by atoms with Gasteiger partial charge in [-0.25, -0.2) is 0 Å². The Morgan fingerprint density at radius 3 is 2.89 bits per heavy atom. The van der Waals surface area contributed by atoms with E-state index in [-0.39, 0.29) is 11.8 Å². The van der Waals surface area contributed by atoms with Crippen LogP contribution in [-0.4, -0.2) is 11.8 Å². The van der Waals surface area contributed by atoms with Gasteiger partial charge in [0.1, 0.15) is 5.88 Å². The lowest BCUT2D eigenvalue weighted by Crippen LogP contribution is -2.18. The molecule has 0 spiro atoms. The summed E-state index contributed by atoms with van der Waals surface area (Å²) in [6, 6.07) is 2.45. The summed E-state index contributed by atoms with van der Waals surface area (Å²) in [5, 5.41) is 2.30. The van der Waals surface area contributed by atoms with Crippen LogP contribution in [0.5, 0.6) is 0 Å². The number of amides is 1. The van der Waals surface area contributed by atoms with Crippen LogP contribution in [0.25, 0.3) is 0 Å². The molecule has 9 heavy (non-hydrogen) atoms. The molecule has 0 aromatic carbocycles. The Hall–Kier alpha value is -0.680. The summed E-state index contributed by atoms with van der Waals surface area (Å²) >= 11 is 5.15. The number of rotatable bonds is 1. The van der Waals surface area contributed by atoms with E-state index in [1.165, 1.54) is 0 Å². The summed E-state index contributed by atoms with van der Waals surface area (Å²) in [4.78, 5) is 10.3. The van der Waals surface area contributed by atoms with Gasteiger partial charge in [0.2, 0.25) is 5.91 Å². The molecule has 3 heteroatoms. The fourth-order valence-electron chi connectivity index (χ4n) is 0.236. The third-order valence-electron chi connectivity index (χ3n) is 0.588. The number of carbonyl (C=O) groups is 1. The minimum atomic E-state index is -0.252. The van der Waals surface area contributed by atoms with Gasteiger partial charge >= 0.3 is 0 Å². The molecule has 0 saturated carbocycles. The van der Waals surface area contributed by atoms with Crippen molar-refractivity contribution in [1.29, 1.82) is 0 Å². The SMILES string of the molecule is CCC#CNC(=O)CCl. The largest absolute Gasteiger partial charge is 0.284 e. The van der Waals surface area contributed by atoms with Crippen LogP contribution in [-0.2, 0) is 4.79 Å². The smallest absolute Gasteiger partial charge is 0.246 e. The Kier molecular flexibility index (Phi) is 5.04. The third kappa shape index (κ3) is 5.19. The van der Waals surface area contributed by atoms with E-state index in [4.69, 9.17) is 11.6 Å². The van der Waals surface area contributed by atoms with Crippen LogP contribution in [0.1, 0.15) is 13.3 Å². The van der Waals surface area contributed by atoms with Crippen molar-refractivity contribution in [3.63, 3.8) is 0 Å². The predicted molar refractivity (Wildman–Crippen MR) is 36.9 cm³/mol. The first-order valence-electron chi connectivity index (χ1n) is 2.64. The standard InChI is InChI=1S/C6H8ClNO/c1-2-3-4-8-6(9)5-7/h2,5H2,1H3,(H,8,9). The zero-order valence-corrected chi connectivity index (χ0v) is 5.96. The molecule has 0 atom stereocenters. The highest BCUT2D eigenvalue weighted by Crippen LogP contribution is 1.71. The van der Waals surface area contributed by atoms with Crippen LogP contribution in [0.2, 0.25) is 0 Å². The summed E-state index contributed by atoms with van der Waals surface area (Å²) in [6.45, 7) is 1.90. The average Bonchev–Trinajstić information content (AvgIpc) is 1.89. The molecule has 0 bridgehead atoms. The van der Waals surface area contributed by atoms with Crippen molar-refractivity contribution in [2.24, 2.45) is 0 Å². The summed E-state index contributed by atoms with van der Waals surface area (Å²) < 4.78 is 0. The van der Waals surface area contributed by atoms with E-state index in [0.717, 1.165) is 6.42 Å². The molecule has 0 aromatic heterocycles. The predicted octanol–water partition coefficient (Wildman–Crippen LogP) is 0.712. The minimum absolute atomic E-state index is 0.0294. The lowest BCUT2D eigenvalue weighted by molar-refractivity contribution is -0.117. The lowest BCUT2D eigenvalue weighted by atomic mass is 10.5. The van der Waals surface area contributed by atoms with Crippen LogP contribution >= 0.6 is 11.6 Å². The first-order valence-corrected chi connectivity index (χ1v) is 3.17. The van der Waals surface area contributed by atoms with E-state index in [0.29, 0.717) is 0 Å². The summed E-state index contributed by atoms with van der Waals surface area (Å²) in [5.74, 6) is 2.39. The molecule has 1 amide bonds. The van der Waals surface area contributed by atoms with Gasteiger partial charge in [0.05, 0.1) is 0 Å². The maximum atomic E-state index is 10.3. The Bertz CT molecular complexity index is 145. The molecule has 50 valence electrons. The summed E-state index contributed by atoms with van der Waals surface area (Å²) in [5.41, 5.74) is 0. The zero-order chi connectivity index (χ0) is 7.11. The maximum absolute atomic E-state index is 10.3. The highest BCUT2D eigenvalue weighted by molar-refractivity contribution is 6.27. The molecule has 0 fully saturated rings. The van der Waals surface area contributed by atoms with Gasteiger partial charge in [-0.15, -0.1) is 11.6 Å². The molecular weight excluding hydrogens is 138 g/mol. The second-order valence-electron chi connectivity index (χ2n) is 1.34. The molecule has 0 unspecified atom stereocenters. The molecule has 2 nitrogen and oxygen atoms in total. The molecule has 0 aliphatic heterocycles. The van der Waals surface area contributed by atoms with Crippen molar-refractivity contribution in [2.45, 2.75) is 13.3 Å². The van der Waals surface area contributed by atoms with E-state index in [2.05, 4.69) is 17.3 Å². The number of carbonyl (C=O) groups excluding carboxylic acids is 1. The zero-order valence-electron chi connectivity index (χ0n) is 5.20. The number of nitrogens with one attached hydrogen (secondary N) is 1. The molecule has 0 rings (SSSR count). The number of alkyl halides is 1. The van der Waals surface area contributed by atoms with Crippen LogP contribution < -0.4 is 5.32 Å². The van der Waals surface area contributed by atoms with E-state index in [1.807, 2.05) is 6.92 Å². The highest BCUT2D eigenvalue weighted by atomic mass is 35.5. The van der Waals surface area contributed by atoms with Gasteiger partial charge in [0.15, 0.2) is 0 Å². The average molecular weight is 146 g/mol. The van der Waals surface area contributed by atoms with Crippen LogP contribution in [0.4, 0.5) is 0 Å². The maximum Gasteiger partial charge on any atom is 0.246 e. The second-order valence-corrected chi connectivity index (χ2v) is 1.60. The Morgan fingerprint density at radius 1 is 1.78 bits per heavy atom. The molecule has 0 aliphatic carbocycles. The molecule has 0 radical (unpaired) electrons. The van der Waals surface area contributed by atoms with Crippen molar-refractivity contribution in [2.75, 3.05) is 5.88 Å². The Balaban J connectivity index is 3.37. The minimum Gasteiger partial charge on any atom is -0.284 e. The van der Waals surface area contributed by atoms with Gasteiger partial charge in [-0.3, -0.25) is 10.1 Å². The van der Waals surface area contributed by atoms with Gasteiger partial charge < -0.3 is 0 Å². The normalized spacial score (nSPS) is 7.33. The Morgan fingerprint density at radius 2 is 2.44 bits per heavy atom. The fourth-order valence-corrected chi connectivity index (χ4v) is 0.303. The number of halogens is 1. The van der Waals surface area contributed by atoms with Crippen molar-refractivity contribution < 1.29 is 4.79 Å². The molecular formula is C6H8ClNO. The van der Waals surface area contributed by atoms with Crippen molar-refractivity contribution in [3.05, 3.63) is 0 Å². The topological polar surface area (TPSA) is 29.1 Å². The number of hydrogen-bond acceptors (Lipinski definition) is 1. The molecule has 0 aliphatic rings. The van der Waals surface area contributed by atoms with Crippen LogP contribution in [0.15, 0.2) is 0 Å². The first kappa shape index (κ1) is 8.32. The van der Waals surface area contributed by atoms with E-state index < -0.39 is 0 Å². The first-order chi connectivity index (χ1) is 4.31. The number of hydrogen-bond donors (Lipinski definition) is 1. The van der Waals surface area contributed by atoms with Crippen LogP contribution in [0.3, 0.4) is 0 Å².